The average molecular weight is 400 g/mol. The number of benzene rings is 1. The van der Waals surface area contributed by atoms with E-state index in [2.05, 4.69) is 27.4 Å². The molecule has 1 atom stereocenters. The fraction of sp³-hybridized carbons (Fsp3) is 0.650. The Labute approximate surface area is 165 Å². The number of halogens is 3. The van der Waals surface area contributed by atoms with Crippen LogP contribution in [0.1, 0.15) is 30.9 Å². The summed E-state index contributed by atoms with van der Waals surface area (Å²) in [7, 11) is 1.68. The maximum absolute atomic E-state index is 12.5. The zero-order valence-electron chi connectivity index (χ0n) is 16.9. The van der Waals surface area contributed by atoms with Gasteiger partial charge in [-0.2, -0.15) is 13.2 Å². The lowest BCUT2D eigenvalue weighted by Gasteiger charge is -2.21. The van der Waals surface area contributed by atoms with Gasteiger partial charge in [0, 0.05) is 32.2 Å². The lowest BCUT2D eigenvalue weighted by atomic mass is 10.1. The van der Waals surface area contributed by atoms with Gasteiger partial charge in [-0.25, -0.2) is 0 Å². The van der Waals surface area contributed by atoms with E-state index in [0.717, 1.165) is 18.7 Å². The third-order valence-electron chi connectivity index (χ3n) is 4.67. The molecule has 5 nitrogen and oxygen atoms in total. The Kier molecular flexibility index (Phi) is 8.41. The number of aliphatic imine (C=N–C) groups is 1. The normalized spacial score (nSPS) is 16.9. The maximum Gasteiger partial charge on any atom is 0.422 e. The van der Waals surface area contributed by atoms with Crippen LogP contribution < -0.4 is 15.4 Å². The molecule has 1 fully saturated rings. The van der Waals surface area contributed by atoms with E-state index in [9.17, 15) is 13.2 Å². The first-order chi connectivity index (χ1) is 13.3. The first-order valence-corrected chi connectivity index (χ1v) is 9.73. The number of alkyl halides is 3. The molecule has 0 radical (unpaired) electrons. The third kappa shape index (κ3) is 7.96. The molecular weight excluding hydrogens is 369 g/mol. The molecule has 2 rings (SSSR count). The summed E-state index contributed by atoms with van der Waals surface area (Å²) in [5, 5.41) is 6.45. The van der Waals surface area contributed by atoms with E-state index < -0.39 is 12.8 Å². The maximum atomic E-state index is 12.5. The summed E-state index contributed by atoms with van der Waals surface area (Å²) in [6.45, 7) is 7.22. The standard InChI is InChI=1S/C20H31F3N4O/c1-15-6-7-17(18(10-15)28-14-20(21,22)23)12-26-19(24-3)25-11-16(2)13-27-8-4-5-9-27/h6-7,10,16H,4-5,8-9,11-14H2,1-3H3,(H2,24,25,26). The lowest BCUT2D eigenvalue weighted by Crippen LogP contribution is -2.41. The van der Waals surface area contributed by atoms with Crippen LogP contribution in [0.15, 0.2) is 23.2 Å². The molecule has 0 spiro atoms. The number of nitrogens with zero attached hydrogens (tertiary/aromatic N) is 2. The number of guanidine groups is 1. The second kappa shape index (κ2) is 10.5. The second-order valence-corrected chi connectivity index (χ2v) is 7.43. The molecule has 1 aliphatic rings. The van der Waals surface area contributed by atoms with Crippen LogP contribution in [0.2, 0.25) is 0 Å². The molecule has 1 heterocycles. The van der Waals surface area contributed by atoms with Crippen LogP contribution in [0.25, 0.3) is 0 Å². The summed E-state index contributed by atoms with van der Waals surface area (Å²) in [5.74, 6) is 1.33. The van der Waals surface area contributed by atoms with Crippen molar-refractivity contribution in [1.82, 2.24) is 15.5 Å². The molecule has 0 amide bonds. The van der Waals surface area contributed by atoms with Crippen molar-refractivity contribution >= 4 is 5.96 Å². The first kappa shape index (κ1) is 22.3. The van der Waals surface area contributed by atoms with Crippen molar-refractivity contribution in [3.63, 3.8) is 0 Å². The monoisotopic (exact) mass is 400 g/mol. The summed E-state index contributed by atoms with van der Waals surface area (Å²) >= 11 is 0. The highest BCUT2D eigenvalue weighted by atomic mass is 19.4. The number of ether oxygens (including phenoxy) is 1. The third-order valence-corrected chi connectivity index (χ3v) is 4.67. The van der Waals surface area contributed by atoms with Crippen molar-refractivity contribution in [2.24, 2.45) is 10.9 Å². The van der Waals surface area contributed by atoms with E-state index in [1.165, 1.54) is 25.9 Å². The van der Waals surface area contributed by atoms with Gasteiger partial charge in [0.1, 0.15) is 5.75 Å². The molecular formula is C20H31F3N4O. The smallest absolute Gasteiger partial charge is 0.422 e. The molecule has 0 aliphatic carbocycles. The van der Waals surface area contributed by atoms with Gasteiger partial charge in [0.25, 0.3) is 0 Å². The van der Waals surface area contributed by atoms with Crippen LogP contribution in [0, 0.1) is 12.8 Å². The SMILES string of the molecule is CN=C(NCc1ccc(C)cc1OCC(F)(F)F)NCC(C)CN1CCCC1. The largest absolute Gasteiger partial charge is 0.484 e. The summed E-state index contributed by atoms with van der Waals surface area (Å²) in [6.07, 6.45) is -1.81. The summed E-state index contributed by atoms with van der Waals surface area (Å²) in [5.41, 5.74) is 1.50. The lowest BCUT2D eigenvalue weighted by molar-refractivity contribution is -0.153. The Morgan fingerprint density at radius 2 is 1.96 bits per heavy atom. The topological polar surface area (TPSA) is 48.9 Å². The zero-order chi connectivity index (χ0) is 20.6. The number of nitrogens with one attached hydrogen (secondary N) is 2. The minimum Gasteiger partial charge on any atom is -0.484 e. The molecule has 1 aromatic rings. The number of aryl methyl sites for hydroxylation is 1. The molecule has 1 aromatic carbocycles. The zero-order valence-corrected chi connectivity index (χ0v) is 16.9. The van der Waals surface area contributed by atoms with Crippen LogP contribution in [0.3, 0.4) is 0 Å². The van der Waals surface area contributed by atoms with E-state index in [0.29, 0.717) is 24.0 Å². The van der Waals surface area contributed by atoms with Gasteiger partial charge in [0.15, 0.2) is 12.6 Å². The Bertz CT molecular complexity index is 643. The van der Waals surface area contributed by atoms with Crippen molar-refractivity contribution in [3.8, 4) is 5.75 Å². The quantitative estimate of drug-likeness (QED) is 0.519. The van der Waals surface area contributed by atoms with Crippen molar-refractivity contribution in [3.05, 3.63) is 29.3 Å². The van der Waals surface area contributed by atoms with Crippen molar-refractivity contribution in [2.45, 2.75) is 39.4 Å². The minimum absolute atomic E-state index is 0.239. The van der Waals surface area contributed by atoms with Gasteiger partial charge in [-0.1, -0.05) is 19.1 Å². The Balaban J connectivity index is 1.84. The summed E-state index contributed by atoms with van der Waals surface area (Å²) in [6, 6.07) is 5.25. The van der Waals surface area contributed by atoms with Gasteiger partial charge in [0.05, 0.1) is 0 Å². The molecule has 1 saturated heterocycles. The molecule has 0 saturated carbocycles. The Hall–Kier alpha value is -1.96. The highest BCUT2D eigenvalue weighted by Gasteiger charge is 2.28. The predicted molar refractivity (Wildman–Crippen MR) is 106 cm³/mol. The highest BCUT2D eigenvalue weighted by molar-refractivity contribution is 5.79. The van der Waals surface area contributed by atoms with Crippen LogP contribution >= 0.6 is 0 Å². The number of hydrogen-bond donors (Lipinski definition) is 2. The van der Waals surface area contributed by atoms with E-state index in [4.69, 9.17) is 4.74 Å². The van der Waals surface area contributed by atoms with Gasteiger partial charge in [-0.15, -0.1) is 0 Å². The van der Waals surface area contributed by atoms with Crippen LogP contribution in [0.4, 0.5) is 13.2 Å². The molecule has 28 heavy (non-hydrogen) atoms. The Morgan fingerprint density at radius 1 is 1.25 bits per heavy atom. The molecule has 0 aromatic heterocycles. The van der Waals surface area contributed by atoms with Gasteiger partial charge in [-0.3, -0.25) is 4.99 Å². The molecule has 1 unspecified atom stereocenters. The summed E-state index contributed by atoms with van der Waals surface area (Å²) < 4.78 is 42.5. The highest BCUT2D eigenvalue weighted by Crippen LogP contribution is 2.23. The predicted octanol–water partition coefficient (Wildman–Crippen LogP) is 3.33. The van der Waals surface area contributed by atoms with Gasteiger partial charge >= 0.3 is 6.18 Å². The Morgan fingerprint density at radius 3 is 2.61 bits per heavy atom. The van der Waals surface area contributed by atoms with E-state index in [-0.39, 0.29) is 5.75 Å². The number of likely N-dealkylation sites (tertiary alicyclic amines) is 1. The fourth-order valence-electron chi connectivity index (χ4n) is 3.24. The van der Waals surface area contributed by atoms with Crippen LogP contribution in [0.5, 0.6) is 5.75 Å². The van der Waals surface area contributed by atoms with Gasteiger partial charge < -0.3 is 20.3 Å². The van der Waals surface area contributed by atoms with Crippen LogP contribution in [-0.4, -0.2) is 56.9 Å². The fourth-order valence-corrected chi connectivity index (χ4v) is 3.24. The summed E-state index contributed by atoms with van der Waals surface area (Å²) in [4.78, 5) is 6.67. The van der Waals surface area contributed by atoms with Crippen LogP contribution in [-0.2, 0) is 6.54 Å². The molecule has 1 aliphatic heterocycles. The van der Waals surface area contributed by atoms with Crippen molar-refractivity contribution in [2.75, 3.05) is 39.8 Å². The van der Waals surface area contributed by atoms with E-state index >= 15 is 0 Å². The van der Waals surface area contributed by atoms with Crippen molar-refractivity contribution in [1.29, 1.82) is 0 Å². The molecule has 0 bridgehead atoms. The second-order valence-electron chi connectivity index (χ2n) is 7.43. The minimum atomic E-state index is -4.36. The molecule has 158 valence electrons. The van der Waals surface area contributed by atoms with Gasteiger partial charge in [-0.05, 0) is 50.4 Å². The molecule has 8 heteroatoms. The van der Waals surface area contributed by atoms with Crippen molar-refractivity contribution < 1.29 is 17.9 Å². The van der Waals surface area contributed by atoms with E-state index in [1.807, 2.05) is 13.0 Å². The number of rotatable bonds is 8. The average Bonchev–Trinajstić information content (AvgIpc) is 3.13. The number of hydrogen-bond acceptors (Lipinski definition) is 3. The first-order valence-electron chi connectivity index (χ1n) is 9.73. The molecule has 2 N–H and O–H groups in total. The van der Waals surface area contributed by atoms with E-state index in [1.54, 1.807) is 19.2 Å². The van der Waals surface area contributed by atoms with Gasteiger partial charge in [0.2, 0.25) is 0 Å².